The summed E-state index contributed by atoms with van der Waals surface area (Å²) in [6, 6.07) is 13.1. The molecule has 0 spiro atoms. The topological polar surface area (TPSA) is 143 Å². The lowest BCUT2D eigenvalue weighted by Crippen LogP contribution is -2.21. The van der Waals surface area contributed by atoms with E-state index in [1.54, 1.807) is 24.3 Å². The third-order valence-electron chi connectivity index (χ3n) is 6.08. The number of hydrogen-bond donors (Lipinski definition) is 4. The van der Waals surface area contributed by atoms with Crippen molar-refractivity contribution < 1.29 is 24.2 Å². The van der Waals surface area contributed by atoms with Crippen molar-refractivity contribution in [1.82, 2.24) is 10.9 Å². The Labute approximate surface area is 227 Å². The summed E-state index contributed by atoms with van der Waals surface area (Å²) in [6.07, 6.45) is 2.63. The zero-order valence-electron chi connectivity index (χ0n) is 22.5. The molecule has 0 bridgehead atoms. The van der Waals surface area contributed by atoms with E-state index in [1.807, 2.05) is 39.8 Å². The van der Waals surface area contributed by atoms with E-state index >= 15 is 0 Å². The van der Waals surface area contributed by atoms with Crippen LogP contribution in [0, 0.1) is 0 Å². The maximum atomic E-state index is 12.4. The SMILES string of the molecule is CCN(CC)c1ccc(C=NNC(=O)c2ccc(C(=O)NN=Cc3ccc(N(CC)CC)cc3O)o2)c(O)c1. The summed E-state index contributed by atoms with van der Waals surface area (Å²) in [7, 11) is 0. The predicted molar refractivity (Wildman–Crippen MR) is 152 cm³/mol. The molecule has 11 heteroatoms. The van der Waals surface area contributed by atoms with Crippen LogP contribution < -0.4 is 20.7 Å². The van der Waals surface area contributed by atoms with Crippen molar-refractivity contribution in [1.29, 1.82) is 0 Å². The first kappa shape index (κ1) is 28.8. The number of rotatable bonds is 12. The van der Waals surface area contributed by atoms with Gasteiger partial charge in [-0.1, -0.05) is 0 Å². The normalized spacial score (nSPS) is 11.2. The Hall–Kier alpha value is -4.80. The molecule has 2 aromatic carbocycles. The number of benzene rings is 2. The molecule has 206 valence electrons. The van der Waals surface area contributed by atoms with Crippen LogP contribution in [0.25, 0.3) is 0 Å². The van der Waals surface area contributed by atoms with Crippen LogP contribution in [-0.2, 0) is 0 Å². The van der Waals surface area contributed by atoms with Crippen LogP contribution >= 0.6 is 0 Å². The first-order chi connectivity index (χ1) is 18.8. The minimum Gasteiger partial charge on any atom is -0.507 e. The number of furan rings is 1. The van der Waals surface area contributed by atoms with Crippen molar-refractivity contribution in [2.24, 2.45) is 10.2 Å². The third kappa shape index (κ3) is 7.37. The summed E-state index contributed by atoms with van der Waals surface area (Å²) in [5, 5.41) is 28.3. The van der Waals surface area contributed by atoms with E-state index in [4.69, 9.17) is 4.42 Å². The second-order valence-electron chi connectivity index (χ2n) is 8.39. The van der Waals surface area contributed by atoms with E-state index in [2.05, 4.69) is 30.9 Å². The van der Waals surface area contributed by atoms with E-state index < -0.39 is 11.8 Å². The molecule has 0 saturated heterocycles. The Morgan fingerprint density at radius 1 is 0.718 bits per heavy atom. The lowest BCUT2D eigenvalue weighted by atomic mass is 10.2. The predicted octanol–water partition coefficient (Wildman–Crippen LogP) is 3.91. The smallest absolute Gasteiger partial charge is 0.307 e. The van der Waals surface area contributed by atoms with Gasteiger partial charge in [-0.3, -0.25) is 9.59 Å². The number of carbonyl (C=O) groups excluding carboxylic acids is 2. The van der Waals surface area contributed by atoms with Crippen LogP contribution in [0.4, 0.5) is 11.4 Å². The number of hydrazone groups is 2. The van der Waals surface area contributed by atoms with E-state index in [1.165, 1.54) is 24.6 Å². The van der Waals surface area contributed by atoms with Gasteiger partial charge in [0, 0.05) is 60.8 Å². The van der Waals surface area contributed by atoms with Gasteiger partial charge in [0.1, 0.15) is 11.5 Å². The molecule has 0 radical (unpaired) electrons. The largest absolute Gasteiger partial charge is 0.507 e. The minimum atomic E-state index is -0.675. The van der Waals surface area contributed by atoms with E-state index in [0.717, 1.165) is 37.6 Å². The molecule has 4 N–H and O–H groups in total. The molecule has 0 aliphatic heterocycles. The minimum absolute atomic E-state index is 0.0306. The molecule has 0 atom stereocenters. The van der Waals surface area contributed by atoms with Gasteiger partial charge < -0.3 is 24.4 Å². The second kappa shape index (κ2) is 13.7. The van der Waals surface area contributed by atoms with Gasteiger partial charge in [0.25, 0.3) is 0 Å². The molecular weight excluding hydrogens is 500 g/mol. The van der Waals surface area contributed by atoms with Crippen LogP contribution in [0.3, 0.4) is 0 Å². The second-order valence-corrected chi connectivity index (χ2v) is 8.39. The summed E-state index contributed by atoms with van der Waals surface area (Å²) < 4.78 is 5.31. The maximum absolute atomic E-state index is 12.4. The quantitative estimate of drug-likeness (QED) is 0.204. The Bertz CT molecular complexity index is 1240. The van der Waals surface area contributed by atoms with Gasteiger partial charge in [-0.15, -0.1) is 0 Å². The molecule has 0 fully saturated rings. The van der Waals surface area contributed by atoms with E-state index in [-0.39, 0.29) is 23.0 Å². The van der Waals surface area contributed by atoms with Crippen LogP contribution in [0.5, 0.6) is 11.5 Å². The maximum Gasteiger partial charge on any atom is 0.307 e. The summed E-state index contributed by atoms with van der Waals surface area (Å²) in [5.74, 6) is -1.55. The summed E-state index contributed by atoms with van der Waals surface area (Å²) in [6.45, 7) is 11.4. The number of phenolic OH excluding ortho intramolecular Hbond substituents is 2. The van der Waals surface area contributed by atoms with Gasteiger partial charge >= 0.3 is 11.8 Å². The number of anilines is 2. The van der Waals surface area contributed by atoms with Gasteiger partial charge in [-0.05, 0) is 64.1 Å². The molecule has 39 heavy (non-hydrogen) atoms. The van der Waals surface area contributed by atoms with Crippen molar-refractivity contribution in [3.05, 3.63) is 71.2 Å². The number of carbonyl (C=O) groups is 2. The fraction of sp³-hybridized carbons (Fsp3) is 0.286. The fourth-order valence-electron chi connectivity index (χ4n) is 3.87. The molecule has 3 aromatic rings. The van der Waals surface area contributed by atoms with Crippen LogP contribution in [0.2, 0.25) is 0 Å². The van der Waals surface area contributed by atoms with Crippen LogP contribution in [0.1, 0.15) is 59.9 Å². The number of amides is 2. The van der Waals surface area contributed by atoms with Crippen LogP contribution in [-0.4, -0.2) is 60.6 Å². The van der Waals surface area contributed by atoms with Crippen molar-refractivity contribution in [3.63, 3.8) is 0 Å². The number of aromatic hydroxyl groups is 2. The molecule has 0 saturated carbocycles. The van der Waals surface area contributed by atoms with Gasteiger partial charge in [0.15, 0.2) is 11.5 Å². The van der Waals surface area contributed by atoms with Gasteiger partial charge in [-0.25, -0.2) is 10.9 Å². The molecule has 1 aromatic heterocycles. The first-order valence-corrected chi connectivity index (χ1v) is 12.7. The third-order valence-corrected chi connectivity index (χ3v) is 6.08. The van der Waals surface area contributed by atoms with Gasteiger partial charge in [0.2, 0.25) is 0 Å². The highest BCUT2D eigenvalue weighted by molar-refractivity contribution is 5.96. The molecule has 11 nitrogen and oxygen atoms in total. The monoisotopic (exact) mass is 534 g/mol. The molecule has 3 rings (SSSR count). The average molecular weight is 535 g/mol. The van der Waals surface area contributed by atoms with Crippen molar-refractivity contribution in [2.75, 3.05) is 36.0 Å². The molecule has 0 unspecified atom stereocenters. The summed E-state index contributed by atoms with van der Waals surface area (Å²) in [5.41, 5.74) is 7.23. The first-order valence-electron chi connectivity index (χ1n) is 12.7. The van der Waals surface area contributed by atoms with Crippen LogP contribution in [0.15, 0.2) is 63.2 Å². The lowest BCUT2D eigenvalue weighted by Gasteiger charge is -2.21. The number of nitrogens with zero attached hydrogens (tertiary/aromatic N) is 4. The van der Waals surface area contributed by atoms with Crippen molar-refractivity contribution >= 4 is 35.6 Å². The molecule has 2 amide bonds. The van der Waals surface area contributed by atoms with Gasteiger partial charge in [-0.2, -0.15) is 10.2 Å². The number of phenols is 2. The highest BCUT2D eigenvalue weighted by Crippen LogP contribution is 2.24. The highest BCUT2D eigenvalue weighted by Gasteiger charge is 2.15. The zero-order valence-corrected chi connectivity index (χ0v) is 22.5. The average Bonchev–Trinajstić information content (AvgIpc) is 3.43. The lowest BCUT2D eigenvalue weighted by molar-refractivity contribution is 0.0902. The van der Waals surface area contributed by atoms with E-state index in [9.17, 15) is 19.8 Å². The van der Waals surface area contributed by atoms with E-state index in [0.29, 0.717) is 11.1 Å². The molecule has 0 aliphatic carbocycles. The highest BCUT2D eigenvalue weighted by atomic mass is 16.4. The molecule has 0 aliphatic rings. The Kier molecular flexibility index (Phi) is 10.1. The van der Waals surface area contributed by atoms with Crippen molar-refractivity contribution in [3.8, 4) is 11.5 Å². The van der Waals surface area contributed by atoms with Gasteiger partial charge in [0.05, 0.1) is 12.4 Å². The fourth-order valence-corrected chi connectivity index (χ4v) is 3.87. The standard InChI is InChI=1S/C28H34N6O5/c1-5-33(6-2)21-11-9-19(23(35)15-21)17-29-31-27(37)25-13-14-26(39-25)28(38)32-30-18-20-10-12-22(16-24(20)36)34(7-3)8-4/h9-18,35-36H,5-8H2,1-4H3,(H,31,37)(H,32,38). The number of nitrogens with one attached hydrogen (secondary N) is 2. The summed E-state index contributed by atoms with van der Waals surface area (Å²) in [4.78, 5) is 28.9. The van der Waals surface area contributed by atoms with Crippen molar-refractivity contribution in [2.45, 2.75) is 27.7 Å². The Morgan fingerprint density at radius 3 is 1.44 bits per heavy atom. The zero-order chi connectivity index (χ0) is 28.4. The molecular formula is C28H34N6O5. The molecule has 1 heterocycles. The summed E-state index contributed by atoms with van der Waals surface area (Å²) >= 11 is 0. The number of hydrogen-bond acceptors (Lipinski definition) is 9. The Balaban J connectivity index is 1.56. The Morgan fingerprint density at radius 2 is 1.10 bits per heavy atom.